The molecule has 0 radical (unpaired) electrons. The van der Waals surface area contributed by atoms with E-state index in [1.807, 2.05) is 11.8 Å². The zero-order chi connectivity index (χ0) is 14.9. The maximum absolute atomic E-state index is 11.2. The van der Waals surface area contributed by atoms with Crippen molar-refractivity contribution in [3.63, 3.8) is 0 Å². The van der Waals surface area contributed by atoms with Gasteiger partial charge in [-0.15, -0.1) is 0 Å². The second kappa shape index (κ2) is 5.46. The molecule has 1 aliphatic rings. The molecule has 1 aliphatic heterocycles. The highest BCUT2D eigenvalue weighted by Gasteiger charge is 2.28. The normalized spacial score (nSPS) is 22.6. The molecule has 7 nitrogen and oxygen atoms in total. The van der Waals surface area contributed by atoms with E-state index in [4.69, 9.17) is 5.73 Å². The van der Waals surface area contributed by atoms with Crippen LogP contribution in [0.4, 0.5) is 11.4 Å². The lowest BCUT2D eigenvalue weighted by atomic mass is 9.96. The van der Waals surface area contributed by atoms with Gasteiger partial charge in [0.1, 0.15) is 5.69 Å². The molecule has 0 aliphatic carbocycles. The number of nitrogens with two attached hydrogens (primary N) is 1. The van der Waals surface area contributed by atoms with Crippen LogP contribution in [0, 0.1) is 16.0 Å². The van der Waals surface area contributed by atoms with Crippen LogP contribution in [-0.4, -0.2) is 35.1 Å². The number of primary amides is 1. The first-order valence-electron chi connectivity index (χ1n) is 6.41. The summed E-state index contributed by atoms with van der Waals surface area (Å²) in [5, 5.41) is 20.9. The fraction of sp³-hybridized carbons (Fsp3) is 0.462. The number of anilines is 1. The number of rotatable bonds is 3. The molecule has 7 heteroatoms. The Bertz CT molecular complexity index is 546. The van der Waals surface area contributed by atoms with Crippen molar-refractivity contribution in [1.82, 2.24) is 0 Å². The number of piperidine rings is 1. The number of benzene rings is 1. The van der Waals surface area contributed by atoms with E-state index in [0.717, 1.165) is 0 Å². The predicted octanol–water partition coefficient (Wildman–Crippen LogP) is 0.901. The van der Waals surface area contributed by atoms with E-state index in [1.54, 1.807) is 6.07 Å². The highest BCUT2D eigenvalue weighted by Crippen LogP contribution is 2.32. The van der Waals surface area contributed by atoms with Crippen molar-refractivity contribution >= 4 is 17.3 Å². The first-order valence-corrected chi connectivity index (χ1v) is 6.41. The molecule has 0 saturated carbocycles. The molecule has 1 amide bonds. The maximum Gasteiger partial charge on any atom is 0.293 e. The Morgan fingerprint density at radius 3 is 2.80 bits per heavy atom. The monoisotopic (exact) mass is 279 g/mol. The summed E-state index contributed by atoms with van der Waals surface area (Å²) in [5.41, 5.74) is 5.58. The lowest BCUT2D eigenvalue weighted by molar-refractivity contribution is -0.384. The number of aliphatic hydroxyl groups is 1. The van der Waals surface area contributed by atoms with Gasteiger partial charge in [0.15, 0.2) is 0 Å². The Hall–Kier alpha value is -2.15. The van der Waals surface area contributed by atoms with E-state index in [-0.39, 0.29) is 23.3 Å². The van der Waals surface area contributed by atoms with Crippen LogP contribution in [0.15, 0.2) is 18.2 Å². The molecular weight excluding hydrogens is 262 g/mol. The average Bonchev–Trinajstić information content (AvgIpc) is 2.41. The quantitative estimate of drug-likeness (QED) is 0.631. The number of amides is 1. The molecule has 1 aromatic rings. The number of nitrogens with zero attached hydrogens (tertiary/aromatic N) is 2. The van der Waals surface area contributed by atoms with Crippen LogP contribution >= 0.6 is 0 Å². The first kappa shape index (κ1) is 14.3. The Balaban J connectivity index is 2.36. The van der Waals surface area contributed by atoms with Crippen molar-refractivity contribution in [3.05, 3.63) is 33.9 Å². The summed E-state index contributed by atoms with van der Waals surface area (Å²) in [6, 6.07) is 4.23. The Labute approximate surface area is 116 Å². The summed E-state index contributed by atoms with van der Waals surface area (Å²) in [6.07, 6.45) is 0.186. The molecule has 1 aromatic carbocycles. The van der Waals surface area contributed by atoms with Crippen molar-refractivity contribution in [2.45, 2.75) is 19.4 Å². The van der Waals surface area contributed by atoms with Gasteiger partial charge in [0.2, 0.25) is 5.91 Å². The number of nitro groups is 1. The molecule has 0 spiro atoms. The Kier molecular flexibility index (Phi) is 3.89. The third-order valence-corrected chi connectivity index (χ3v) is 3.66. The summed E-state index contributed by atoms with van der Waals surface area (Å²) >= 11 is 0. The van der Waals surface area contributed by atoms with Crippen LogP contribution in [0.3, 0.4) is 0 Å². The number of hydrogen-bond acceptors (Lipinski definition) is 5. The van der Waals surface area contributed by atoms with E-state index >= 15 is 0 Å². The summed E-state index contributed by atoms with van der Waals surface area (Å²) in [7, 11) is 0. The van der Waals surface area contributed by atoms with Crippen LogP contribution in [0.1, 0.15) is 23.7 Å². The highest BCUT2D eigenvalue weighted by molar-refractivity contribution is 5.94. The van der Waals surface area contributed by atoms with E-state index in [0.29, 0.717) is 25.2 Å². The largest absolute Gasteiger partial charge is 0.393 e. The smallest absolute Gasteiger partial charge is 0.293 e. The van der Waals surface area contributed by atoms with Gasteiger partial charge in [0.05, 0.1) is 11.0 Å². The zero-order valence-corrected chi connectivity index (χ0v) is 11.2. The van der Waals surface area contributed by atoms with Crippen molar-refractivity contribution in [1.29, 1.82) is 0 Å². The minimum atomic E-state index is -0.693. The second-order valence-electron chi connectivity index (χ2n) is 5.10. The summed E-state index contributed by atoms with van der Waals surface area (Å²) in [6.45, 7) is 2.99. The molecule has 108 valence electrons. The molecule has 2 atom stereocenters. The first-order chi connectivity index (χ1) is 9.40. The van der Waals surface area contributed by atoms with Gasteiger partial charge in [-0.1, -0.05) is 6.92 Å². The highest BCUT2D eigenvalue weighted by atomic mass is 16.6. The molecule has 2 unspecified atom stereocenters. The average molecular weight is 279 g/mol. The lowest BCUT2D eigenvalue weighted by Crippen LogP contribution is -2.42. The zero-order valence-electron chi connectivity index (χ0n) is 11.2. The van der Waals surface area contributed by atoms with Gasteiger partial charge in [0.25, 0.3) is 5.69 Å². The van der Waals surface area contributed by atoms with Gasteiger partial charge in [-0.2, -0.15) is 0 Å². The Morgan fingerprint density at radius 1 is 1.55 bits per heavy atom. The van der Waals surface area contributed by atoms with Crippen LogP contribution in [-0.2, 0) is 0 Å². The van der Waals surface area contributed by atoms with Gasteiger partial charge in [-0.3, -0.25) is 14.9 Å². The number of aliphatic hydroxyl groups excluding tert-OH is 1. The minimum absolute atomic E-state index is 0.0409. The molecule has 1 saturated heterocycles. The summed E-state index contributed by atoms with van der Waals surface area (Å²) in [4.78, 5) is 23.6. The number of nitro benzene ring substituents is 1. The molecule has 0 aromatic heterocycles. The predicted molar refractivity (Wildman–Crippen MR) is 73.6 cm³/mol. The third-order valence-electron chi connectivity index (χ3n) is 3.66. The van der Waals surface area contributed by atoms with Crippen LogP contribution in [0.2, 0.25) is 0 Å². The summed E-state index contributed by atoms with van der Waals surface area (Å²) < 4.78 is 0. The number of hydrogen-bond donors (Lipinski definition) is 2. The van der Waals surface area contributed by atoms with E-state index in [2.05, 4.69) is 0 Å². The third kappa shape index (κ3) is 2.72. The van der Waals surface area contributed by atoms with Crippen molar-refractivity contribution < 1.29 is 14.8 Å². The van der Waals surface area contributed by atoms with E-state index in [9.17, 15) is 20.0 Å². The Morgan fingerprint density at radius 2 is 2.25 bits per heavy atom. The topological polar surface area (TPSA) is 110 Å². The number of carbonyl (C=O) groups excluding carboxylic acids is 1. The van der Waals surface area contributed by atoms with Gasteiger partial charge in [-0.25, -0.2) is 0 Å². The fourth-order valence-corrected chi connectivity index (χ4v) is 2.44. The molecule has 1 heterocycles. The van der Waals surface area contributed by atoms with Crippen molar-refractivity contribution in [3.8, 4) is 0 Å². The van der Waals surface area contributed by atoms with Gasteiger partial charge in [0, 0.05) is 24.7 Å². The molecule has 0 bridgehead atoms. The van der Waals surface area contributed by atoms with Gasteiger partial charge < -0.3 is 15.7 Å². The van der Waals surface area contributed by atoms with E-state index < -0.39 is 10.8 Å². The van der Waals surface area contributed by atoms with Crippen LogP contribution < -0.4 is 10.6 Å². The molecule has 20 heavy (non-hydrogen) atoms. The molecule has 1 fully saturated rings. The number of carbonyl (C=O) groups is 1. The van der Waals surface area contributed by atoms with Crippen molar-refractivity contribution in [2.24, 2.45) is 11.7 Å². The van der Waals surface area contributed by atoms with Crippen LogP contribution in [0.25, 0.3) is 0 Å². The lowest BCUT2D eigenvalue weighted by Gasteiger charge is -2.35. The molecular formula is C13H17N3O4. The van der Waals surface area contributed by atoms with Gasteiger partial charge >= 0.3 is 0 Å². The molecule has 2 rings (SSSR count). The summed E-state index contributed by atoms with van der Waals surface area (Å²) in [5.74, 6) is -0.652. The maximum atomic E-state index is 11.2. The minimum Gasteiger partial charge on any atom is -0.393 e. The van der Waals surface area contributed by atoms with Crippen LogP contribution in [0.5, 0.6) is 0 Å². The molecule has 3 N–H and O–H groups in total. The fourth-order valence-electron chi connectivity index (χ4n) is 2.44. The van der Waals surface area contributed by atoms with E-state index in [1.165, 1.54) is 12.1 Å². The second-order valence-corrected chi connectivity index (χ2v) is 5.10. The SMILES string of the molecule is CC1CN(c2ccc(C(N)=O)cc2[N+](=O)[O-])CCC1O. The van der Waals surface area contributed by atoms with Gasteiger partial charge in [-0.05, 0) is 24.5 Å². The standard InChI is InChI=1S/C13H17N3O4/c1-8-7-15(5-4-12(8)17)10-3-2-9(13(14)18)6-11(10)16(19)20/h2-3,6,8,12,17H,4-5,7H2,1H3,(H2,14,18). The van der Waals surface area contributed by atoms with Crippen molar-refractivity contribution in [2.75, 3.05) is 18.0 Å².